The molecule has 5 nitrogen and oxygen atoms in total. The zero-order valence-corrected chi connectivity index (χ0v) is 12.1. The van der Waals surface area contributed by atoms with E-state index in [1.807, 2.05) is 0 Å². The molecule has 0 spiro atoms. The van der Waals surface area contributed by atoms with Gasteiger partial charge in [0.25, 0.3) is 0 Å². The molecule has 2 rings (SSSR count). The Balaban J connectivity index is 2.25. The summed E-state index contributed by atoms with van der Waals surface area (Å²) >= 11 is 1.03. The monoisotopic (exact) mass is 311 g/mol. The smallest absolute Gasteiger partial charge is 0.331 e. The molecule has 1 saturated heterocycles. The Kier molecular flexibility index (Phi) is 4.62. The van der Waals surface area contributed by atoms with Crippen LogP contribution in [0, 0.1) is 5.82 Å². The van der Waals surface area contributed by atoms with Gasteiger partial charge in [0.15, 0.2) is 11.2 Å². The topological polar surface area (TPSA) is 74.7 Å². The molecule has 2 unspecified atom stereocenters. The molecule has 21 heavy (non-hydrogen) atoms. The summed E-state index contributed by atoms with van der Waals surface area (Å²) in [5.74, 6) is -2.12. The minimum atomic E-state index is -1.23. The Labute approximate surface area is 125 Å². The number of benzene rings is 1. The molecule has 0 aliphatic carbocycles. The van der Waals surface area contributed by atoms with Crippen LogP contribution in [0.4, 0.5) is 4.39 Å². The number of hydrogen-bond donors (Lipinski definition) is 1. The number of carboxylic acids is 1. The van der Waals surface area contributed by atoms with Crippen molar-refractivity contribution in [1.29, 1.82) is 0 Å². The van der Waals surface area contributed by atoms with Crippen LogP contribution in [0.25, 0.3) is 0 Å². The van der Waals surface area contributed by atoms with Crippen LogP contribution in [0.1, 0.15) is 24.9 Å². The highest BCUT2D eigenvalue weighted by molar-refractivity contribution is 8.14. The normalized spacial score (nSPS) is 19.6. The number of amides is 1. The molecular formula is C14H14FNO4S. The van der Waals surface area contributed by atoms with Crippen molar-refractivity contribution in [1.82, 2.24) is 4.90 Å². The molecule has 1 aliphatic heterocycles. The second-order valence-corrected chi connectivity index (χ2v) is 6.25. The van der Waals surface area contributed by atoms with Crippen LogP contribution in [-0.2, 0) is 14.4 Å². The summed E-state index contributed by atoms with van der Waals surface area (Å²) in [4.78, 5) is 35.8. The Morgan fingerprint density at radius 3 is 2.76 bits per heavy atom. The maximum atomic E-state index is 13.3. The van der Waals surface area contributed by atoms with Gasteiger partial charge in [0.2, 0.25) is 5.91 Å². The number of nitrogens with zero attached hydrogens (tertiary/aromatic N) is 1. The standard InChI is InChI=1S/C14H14FNO4S/c1-8(17)21-11-6-12(18)16(7-11)13(14(19)20)9-3-2-4-10(15)5-9/h2-5,11,13H,6-7H2,1H3,(H,19,20). The predicted molar refractivity (Wildman–Crippen MR) is 75.2 cm³/mol. The molecule has 1 amide bonds. The number of aliphatic carboxylic acids is 1. The number of thioether (sulfide) groups is 1. The van der Waals surface area contributed by atoms with Crippen molar-refractivity contribution in [3.63, 3.8) is 0 Å². The molecule has 1 N–H and O–H groups in total. The fraction of sp³-hybridized carbons (Fsp3) is 0.357. The van der Waals surface area contributed by atoms with Gasteiger partial charge in [-0.2, -0.15) is 0 Å². The van der Waals surface area contributed by atoms with E-state index in [0.29, 0.717) is 0 Å². The van der Waals surface area contributed by atoms with E-state index in [9.17, 15) is 23.9 Å². The van der Waals surface area contributed by atoms with Gasteiger partial charge in [-0.05, 0) is 17.7 Å². The number of carbonyl (C=O) groups excluding carboxylic acids is 2. The van der Waals surface area contributed by atoms with Crippen LogP contribution in [-0.4, -0.2) is 38.8 Å². The van der Waals surface area contributed by atoms with E-state index >= 15 is 0 Å². The van der Waals surface area contributed by atoms with Gasteiger partial charge >= 0.3 is 5.97 Å². The zero-order valence-electron chi connectivity index (χ0n) is 11.3. The summed E-state index contributed by atoms with van der Waals surface area (Å²) in [6.45, 7) is 1.57. The van der Waals surface area contributed by atoms with Crippen molar-refractivity contribution >= 4 is 28.8 Å². The SMILES string of the molecule is CC(=O)SC1CC(=O)N(C(C(=O)O)c2cccc(F)c2)C1. The lowest BCUT2D eigenvalue weighted by atomic mass is 10.1. The van der Waals surface area contributed by atoms with Gasteiger partial charge in [0.05, 0.1) is 0 Å². The maximum Gasteiger partial charge on any atom is 0.331 e. The van der Waals surface area contributed by atoms with E-state index in [0.717, 1.165) is 17.8 Å². The molecule has 1 aliphatic rings. The number of rotatable bonds is 4. The second-order valence-electron chi connectivity index (χ2n) is 4.78. The predicted octanol–water partition coefficient (Wildman–Crippen LogP) is 1.83. The second kappa shape index (κ2) is 6.26. The molecule has 1 aromatic rings. The van der Waals surface area contributed by atoms with Gasteiger partial charge in [0, 0.05) is 25.1 Å². The van der Waals surface area contributed by atoms with Crippen LogP contribution in [0.15, 0.2) is 24.3 Å². The van der Waals surface area contributed by atoms with E-state index in [2.05, 4.69) is 0 Å². The van der Waals surface area contributed by atoms with Gasteiger partial charge in [-0.1, -0.05) is 23.9 Å². The van der Waals surface area contributed by atoms with Crippen molar-refractivity contribution in [2.75, 3.05) is 6.54 Å². The number of likely N-dealkylation sites (tertiary alicyclic amines) is 1. The fourth-order valence-electron chi connectivity index (χ4n) is 2.39. The highest BCUT2D eigenvalue weighted by Crippen LogP contribution is 2.31. The van der Waals surface area contributed by atoms with Gasteiger partial charge in [0.1, 0.15) is 5.82 Å². The Morgan fingerprint density at radius 1 is 1.48 bits per heavy atom. The highest BCUT2D eigenvalue weighted by Gasteiger charge is 2.39. The molecule has 0 saturated carbocycles. The van der Waals surface area contributed by atoms with E-state index in [1.165, 1.54) is 30.0 Å². The molecule has 2 atom stereocenters. The molecule has 1 fully saturated rings. The molecule has 0 bridgehead atoms. The first kappa shape index (κ1) is 15.5. The Bertz CT molecular complexity index is 592. The number of carbonyl (C=O) groups is 3. The maximum absolute atomic E-state index is 13.3. The van der Waals surface area contributed by atoms with Gasteiger partial charge in [-0.3, -0.25) is 9.59 Å². The summed E-state index contributed by atoms with van der Waals surface area (Å²) in [6, 6.07) is 3.97. The average Bonchev–Trinajstić information content (AvgIpc) is 2.69. The minimum Gasteiger partial charge on any atom is -0.479 e. The van der Waals surface area contributed by atoms with Crippen molar-refractivity contribution in [3.8, 4) is 0 Å². The molecule has 7 heteroatoms. The van der Waals surface area contributed by atoms with Gasteiger partial charge < -0.3 is 10.0 Å². The Hall–Kier alpha value is -1.89. The summed E-state index contributed by atoms with van der Waals surface area (Å²) in [7, 11) is 0. The van der Waals surface area contributed by atoms with Gasteiger partial charge in [-0.15, -0.1) is 0 Å². The number of hydrogen-bond acceptors (Lipinski definition) is 4. The van der Waals surface area contributed by atoms with E-state index < -0.39 is 17.8 Å². The molecular weight excluding hydrogens is 297 g/mol. The van der Waals surface area contributed by atoms with Crippen molar-refractivity contribution in [2.24, 2.45) is 0 Å². The van der Waals surface area contributed by atoms with Crippen LogP contribution in [0.3, 0.4) is 0 Å². The lowest BCUT2D eigenvalue weighted by Gasteiger charge is -2.25. The Morgan fingerprint density at radius 2 is 2.19 bits per heavy atom. The summed E-state index contributed by atoms with van der Waals surface area (Å²) in [5, 5.41) is 9.00. The van der Waals surface area contributed by atoms with Crippen LogP contribution >= 0.6 is 11.8 Å². The number of carboxylic acid groups (broad SMARTS) is 1. The molecule has 1 aromatic carbocycles. The van der Waals surface area contributed by atoms with E-state index in [4.69, 9.17) is 0 Å². The minimum absolute atomic E-state index is 0.114. The molecule has 112 valence electrons. The third-order valence-electron chi connectivity index (χ3n) is 3.17. The first-order chi connectivity index (χ1) is 9.88. The molecule has 1 heterocycles. The largest absolute Gasteiger partial charge is 0.479 e. The van der Waals surface area contributed by atoms with Crippen molar-refractivity contribution in [2.45, 2.75) is 24.6 Å². The third kappa shape index (κ3) is 3.60. The average molecular weight is 311 g/mol. The van der Waals surface area contributed by atoms with Crippen molar-refractivity contribution in [3.05, 3.63) is 35.6 Å². The summed E-state index contributed by atoms with van der Waals surface area (Å²) in [6.07, 6.45) is 0.114. The first-order valence-electron chi connectivity index (χ1n) is 6.33. The molecule has 0 radical (unpaired) electrons. The first-order valence-corrected chi connectivity index (χ1v) is 7.21. The molecule has 0 aromatic heterocycles. The lowest BCUT2D eigenvalue weighted by molar-refractivity contribution is -0.148. The van der Waals surface area contributed by atoms with E-state index in [-0.39, 0.29) is 34.8 Å². The van der Waals surface area contributed by atoms with Crippen LogP contribution < -0.4 is 0 Å². The van der Waals surface area contributed by atoms with Crippen LogP contribution in [0.5, 0.6) is 0 Å². The van der Waals surface area contributed by atoms with Crippen LogP contribution in [0.2, 0.25) is 0 Å². The fourth-order valence-corrected chi connectivity index (χ4v) is 3.32. The summed E-state index contributed by atoms with van der Waals surface area (Å²) < 4.78 is 13.3. The van der Waals surface area contributed by atoms with Crippen molar-refractivity contribution < 1.29 is 23.9 Å². The summed E-state index contributed by atoms with van der Waals surface area (Å²) in [5.41, 5.74) is 0.212. The lowest BCUT2D eigenvalue weighted by Crippen LogP contribution is -2.35. The quantitative estimate of drug-likeness (QED) is 0.918. The number of halogens is 1. The highest BCUT2D eigenvalue weighted by atomic mass is 32.2. The van der Waals surface area contributed by atoms with E-state index in [1.54, 1.807) is 0 Å². The zero-order chi connectivity index (χ0) is 15.6. The third-order valence-corrected chi connectivity index (χ3v) is 4.15. The van der Waals surface area contributed by atoms with Gasteiger partial charge in [-0.25, -0.2) is 9.18 Å².